The molecular formula is C13H15NO3. The maximum Gasteiger partial charge on any atom is 0.261 e. The highest BCUT2D eigenvalue weighted by molar-refractivity contribution is 5.81. The topological polar surface area (TPSA) is 46.6 Å². The Bertz CT molecular complexity index is 391. The van der Waals surface area contributed by atoms with E-state index >= 15 is 0 Å². The number of aldehydes is 1. The van der Waals surface area contributed by atoms with Crippen LogP contribution in [0.25, 0.3) is 0 Å². The van der Waals surface area contributed by atoms with Gasteiger partial charge in [-0.2, -0.15) is 0 Å². The van der Waals surface area contributed by atoms with E-state index in [0.717, 1.165) is 19.1 Å². The van der Waals surface area contributed by atoms with E-state index in [-0.39, 0.29) is 18.6 Å². The Hall–Kier alpha value is -1.84. The zero-order valence-electron chi connectivity index (χ0n) is 9.54. The molecule has 1 aliphatic heterocycles. The molecule has 1 atom stereocenters. The van der Waals surface area contributed by atoms with Crippen LogP contribution in [0.5, 0.6) is 5.75 Å². The predicted molar refractivity (Wildman–Crippen MR) is 62.7 cm³/mol. The number of likely N-dealkylation sites (tertiary alicyclic amines) is 1. The van der Waals surface area contributed by atoms with Crippen LogP contribution in [0.2, 0.25) is 0 Å². The van der Waals surface area contributed by atoms with Gasteiger partial charge in [0.15, 0.2) is 6.61 Å². The van der Waals surface area contributed by atoms with Gasteiger partial charge in [0.2, 0.25) is 0 Å². The first-order chi connectivity index (χ1) is 8.31. The summed E-state index contributed by atoms with van der Waals surface area (Å²) in [4.78, 5) is 24.2. The van der Waals surface area contributed by atoms with Crippen LogP contribution in [0, 0.1) is 0 Å². The van der Waals surface area contributed by atoms with E-state index in [2.05, 4.69) is 0 Å². The van der Waals surface area contributed by atoms with E-state index in [4.69, 9.17) is 4.74 Å². The van der Waals surface area contributed by atoms with E-state index in [0.29, 0.717) is 12.3 Å². The highest BCUT2D eigenvalue weighted by Gasteiger charge is 2.28. The Morgan fingerprint density at radius 1 is 1.41 bits per heavy atom. The molecule has 1 saturated heterocycles. The fourth-order valence-corrected chi connectivity index (χ4v) is 1.99. The summed E-state index contributed by atoms with van der Waals surface area (Å²) in [6, 6.07) is 8.93. The van der Waals surface area contributed by atoms with Crippen molar-refractivity contribution < 1.29 is 14.3 Å². The monoisotopic (exact) mass is 233 g/mol. The van der Waals surface area contributed by atoms with Gasteiger partial charge >= 0.3 is 0 Å². The summed E-state index contributed by atoms with van der Waals surface area (Å²) < 4.78 is 5.37. The van der Waals surface area contributed by atoms with E-state index in [1.165, 1.54) is 0 Å². The molecule has 1 aliphatic rings. The van der Waals surface area contributed by atoms with Gasteiger partial charge in [-0.15, -0.1) is 0 Å². The molecule has 2 rings (SSSR count). The second-order valence-corrected chi connectivity index (χ2v) is 4.03. The van der Waals surface area contributed by atoms with Crippen molar-refractivity contribution in [1.29, 1.82) is 0 Å². The molecule has 0 saturated carbocycles. The van der Waals surface area contributed by atoms with Crippen molar-refractivity contribution in [3.8, 4) is 5.75 Å². The molecule has 0 aromatic heterocycles. The zero-order chi connectivity index (χ0) is 12.1. The molecule has 1 aromatic carbocycles. The first kappa shape index (κ1) is 11.6. The molecule has 17 heavy (non-hydrogen) atoms. The van der Waals surface area contributed by atoms with Crippen molar-refractivity contribution in [2.24, 2.45) is 0 Å². The van der Waals surface area contributed by atoms with Crippen LogP contribution in [0.3, 0.4) is 0 Å². The second-order valence-electron chi connectivity index (χ2n) is 4.03. The summed E-state index contributed by atoms with van der Waals surface area (Å²) in [6.45, 7) is 0.648. The predicted octanol–water partition coefficient (Wildman–Crippen LogP) is 1.26. The maximum atomic E-state index is 11.8. The van der Waals surface area contributed by atoms with Gasteiger partial charge in [0.05, 0.1) is 6.04 Å². The third kappa shape index (κ3) is 2.84. The Labute approximate surface area is 100 Å². The van der Waals surface area contributed by atoms with Crippen molar-refractivity contribution in [3.63, 3.8) is 0 Å². The van der Waals surface area contributed by atoms with Gasteiger partial charge in [-0.25, -0.2) is 0 Å². The number of benzene rings is 1. The minimum Gasteiger partial charge on any atom is -0.484 e. The van der Waals surface area contributed by atoms with Crippen LogP contribution in [-0.2, 0) is 9.59 Å². The standard InChI is InChI=1S/C13H15NO3/c15-9-11-5-4-8-14(11)13(16)10-17-12-6-2-1-3-7-12/h1-3,6-7,9,11H,4-5,8,10H2. The van der Waals surface area contributed by atoms with E-state index in [9.17, 15) is 9.59 Å². The number of ether oxygens (including phenoxy) is 1. The minimum absolute atomic E-state index is 0.00560. The molecule has 0 radical (unpaired) electrons. The highest BCUT2D eigenvalue weighted by Crippen LogP contribution is 2.16. The van der Waals surface area contributed by atoms with Crippen molar-refractivity contribution in [2.75, 3.05) is 13.2 Å². The molecule has 0 spiro atoms. The van der Waals surface area contributed by atoms with Crippen LogP contribution >= 0.6 is 0 Å². The lowest BCUT2D eigenvalue weighted by Crippen LogP contribution is -2.39. The highest BCUT2D eigenvalue weighted by atomic mass is 16.5. The van der Waals surface area contributed by atoms with E-state index < -0.39 is 0 Å². The fourth-order valence-electron chi connectivity index (χ4n) is 1.99. The lowest BCUT2D eigenvalue weighted by Gasteiger charge is -2.20. The van der Waals surface area contributed by atoms with Crippen molar-refractivity contribution in [1.82, 2.24) is 4.90 Å². The average Bonchev–Trinajstić information content (AvgIpc) is 2.85. The number of hydrogen-bond donors (Lipinski definition) is 0. The molecule has 1 aromatic rings. The minimum atomic E-state index is -0.262. The molecule has 1 fully saturated rings. The number of hydrogen-bond acceptors (Lipinski definition) is 3. The van der Waals surface area contributed by atoms with Gasteiger partial charge in [-0.1, -0.05) is 18.2 Å². The van der Waals surface area contributed by atoms with Crippen LogP contribution in [0.1, 0.15) is 12.8 Å². The van der Waals surface area contributed by atoms with E-state index in [1.807, 2.05) is 18.2 Å². The smallest absolute Gasteiger partial charge is 0.261 e. The molecule has 1 heterocycles. The number of amides is 1. The Kier molecular flexibility index (Phi) is 3.75. The molecular weight excluding hydrogens is 218 g/mol. The van der Waals surface area contributed by atoms with Gasteiger partial charge in [0.1, 0.15) is 12.0 Å². The first-order valence-electron chi connectivity index (χ1n) is 5.74. The third-order valence-electron chi connectivity index (χ3n) is 2.88. The van der Waals surface area contributed by atoms with Crippen LogP contribution in [0.15, 0.2) is 30.3 Å². The quantitative estimate of drug-likeness (QED) is 0.735. The summed E-state index contributed by atoms with van der Waals surface area (Å²) in [5.74, 6) is 0.547. The molecule has 0 bridgehead atoms. The first-order valence-corrected chi connectivity index (χ1v) is 5.74. The van der Waals surface area contributed by atoms with Gasteiger partial charge in [0.25, 0.3) is 5.91 Å². The van der Waals surface area contributed by atoms with Crippen molar-refractivity contribution >= 4 is 12.2 Å². The number of carbonyl (C=O) groups is 2. The van der Waals surface area contributed by atoms with Crippen molar-refractivity contribution in [3.05, 3.63) is 30.3 Å². The molecule has 4 heteroatoms. The zero-order valence-corrected chi connectivity index (χ0v) is 9.54. The molecule has 1 unspecified atom stereocenters. The lowest BCUT2D eigenvalue weighted by atomic mass is 10.2. The largest absolute Gasteiger partial charge is 0.484 e. The summed E-state index contributed by atoms with van der Waals surface area (Å²) >= 11 is 0. The van der Waals surface area contributed by atoms with Gasteiger partial charge < -0.3 is 14.4 Å². The van der Waals surface area contributed by atoms with E-state index in [1.54, 1.807) is 17.0 Å². The third-order valence-corrected chi connectivity index (χ3v) is 2.88. The van der Waals surface area contributed by atoms with Gasteiger partial charge in [0, 0.05) is 6.54 Å². The molecule has 0 N–H and O–H groups in total. The Morgan fingerprint density at radius 2 is 2.18 bits per heavy atom. The number of rotatable bonds is 4. The SMILES string of the molecule is O=CC1CCCN1C(=O)COc1ccccc1. The fraction of sp³-hybridized carbons (Fsp3) is 0.385. The Morgan fingerprint density at radius 3 is 2.88 bits per heavy atom. The number of para-hydroxylation sites is 1. The normalized spacial score (nSPS) is 19.1. The lowest BCUT2D eigenvalue weighted by molar-refractivity contribution is -0.136. The maximum absolute atomic E-state index is 11.8. The van der Waals surface area contributed by atoms with Crippen LogP contribution < -0.4 is 4.74 Å². The Balaban J connectivity index is 1.87. The summed E-state index contributed by atoms with van der Waals surface area (Å²) in [5.41, 5.74) is 0. The van der Waals surface area contributed by atoms with Gasteiger partial charge in [-0.3, -0.25) is 4.79 Å². The molecule has 90 valence electrons. The van der Waals surface area contributed by atoms with Gasteiger partial charge in [-0.05, 0) is 25.0 Å². The summed E-state index contributed by atoms with van der Waals surface area (Å²) in [5, 5.41) is 0. The summed E-state index contributed by atoms with van der Waals surface area (Å²) in [7, 11) is 0. The average molecular weight is 233 g/mol. The van der Waals surface area contributed by atoms with Crippen LogP contribution in [0.4, 0.5) is 0 Å². The second kappa shape index (κ2) is 5.48. The number of nitrogens with zero attached hydrogens (tertiary/aromatic N) is 1. The van der Waals surface area contributed by atoms with Crippen molar-refractivity contribution in [2.45, 2.75) is 18.9 Å². The molecule has 4 nitrogen and oxygen atoms in total. The molecule has 0 aliphatic carbocycles. The number of carbonyl (C=O) groups excluding carboxylic acids is 2. The summed E-state index contributed by atoms with van der Waals surface area (Å²) in [6.07, 6.45) is 2.49. The van der Waals surface area contributed by atoms with Crippen LogP contribution in [-0.4, -0.2) is 36.3 Å². The molecule has 1 amide bonds.